The minimum atomic E-state index is -3.43. The van der Waals surface area contributed by atoms with Crippen LogP contribution in [0.1, 0.15) is 27.2 Å². The normalized spacial score (nSPS) is 17.9. The van der Waals surface area contributed by atoms with Crippen molar-refractivity contribution >= 4 is 21.6 Å². The summed E-state index contributed by atoms with van der Waals surface area (Å²) >= 11 is 0. The van der Waals surface area contributed by atoms with Crippen molar-refractivity contribution in [3.63, 3.8) is 0 Å². The predicted molar refractivity (Wildman–Crippen MR) is 89.0 cm³/mol. The second kappa shape index (κ2) is 7.25. The van der Waals surface area contributed by atoms with Crippen LogP contribution >= 0.6 is 0 Å². The molecule has 1 aromatic heterocycles. The molecule has 0 aliphatic carbocycles. The first-order valence-electron chi connectivity index (χ1n) is 7.88. The highest BCUT2D eigenvalue weighted by Crippen LogP contribution is 2.16. The van der Waals surface area contributed by atoms with Gasteiger partial charge in [0.15, 0.2) is 15.7 Å². The van der Waals surface area contributed by atoms with Gasteiger partial charge in [-0.15, -0.1) is 5.10 Å². The molecule has 7 nitrogen and oxygen atoms in total. The molecular weight excluding hydrogens is 316 g/mol. The molecule has 1 amide bonds. The molecule has 0 spiro atoms. The first kappa shape index (κ1) is 17.7. The van der Waals surface area contributed by atoms with Crippen LogP contribution in [-0.2, 0) is 14.6 Å². The fourth-order valence-electron chi connectivity index (χ4n) is 2.63. The number of rotatable bonds is 4. The Kier molecular flexibility index (Phi) is 5.56. The van der Waals surface area contributed by atoms with Gasteiger partial charge in [-0.2, -0.15) is 5.10 Å². The summed E-state index contributed by atoms with van der Waals surface area (Å²) < 4.78 is 24.4. The number of amides is 1. The maximum atomic E-state index is 12.5. The predicted octanol–water partition coefficient (Wildman–Crippen LogP) is 0.727. The Bertz CT molecular complexity index is 633. The van der Waals surface area contributed by atoms with E-state index in [1.807, 2.05) is 12.1 Å². The fourth-order valence-corrected chi connectivity index (χ4v) is 3.88. The second-order valence-corrected chi connectivity index (χ2v) is 8.86. The summed E-state index contributed by atoms with van der Waals surface area (Å²) in [6.07, 6.45) is 2.40. The molecule has 1 fully saturated rings. The molecule has 1 aliphatic heterocycles. The third kappa shape index (κ3) is 3.99. The van der Waals surface area contributed by atoms with Crippen LogP contribution in [-0.4, -0.2) is 66.1 Å². The van der Waals surface area contributed by atoms with E-state index < -0.39 is 20.3 Å². The third-order valence-electron chi connectivity index (χ3n) is 4.19. The number of nitrogens with zero attached hydrogens (tertiary/aromatic N) is 4. The molecule has 0 N–H and O–H groups in total. The monoisotopic (exact) mass is 340 g/mol. The van der Waals surface area contributed by atoms with Gasteiger partial charge in [0.25, 0.3) is 0 Å². The number of carbonyl (C=O) groups excluding carboxylic acids is 1. The van der Waals surface area contributed by atoms with Gasteiger partial charge in [0.05, 0.1) is 5.25 Å². The van der Waals surface area contributed by atoms with Gasteiger partial charge in [0.1, 0.15) is 5.25 Å². The number of carbonyl (C=O) groups is 1. The smallest absolute Gasteiger partial charge is 0.240 e. The molecule has 23 heavy (non-hydrogen) atoms. The quantitative estimate of drug-likeness (QED) is 0.803. The van der Waals surface area contributed by atoms with E-state index in [4.69, 9.17) is 0 Å². The fraction of sp³-hybridized carbons (Fsp3) is 0.667. The highest BCUT2D eigenvalue weighted by Gasteiger charge is 2.34. The van der Waals surface area contributed by atoms with Gasteiger partial charge in [-0.05, 0) is 39.3 Å². The van der Waals surface area contributed by atoms with E-state index in [0.29, 0.717) is 19.6 Å². The zero-order valence-electron chi connectivity index (χ0n) is 13.8. The molecule has 0 bridgehead atoms. The summed E-state index contributed by atoms with van der Waals surface area (Å²) in [5.74, 6) is 0.476. The minimum absolute atomic E-state index is 0.306. The van der Waals surface area contributed by atoms with Gasteiger partial charge >= 0.3 is 0 Å². The van der Waals surface area contributed by atoms with Crippen molar-refractivity contribution < 1.29 is 13.2 Å². The largest absolute Gasteiger partial charge is 0.353 e. The van der Waals surface area contributed by atoms with E-state index in [2.05, 4.69) is 15.1 Å². The second-order valence-electron chi connectivity index (χ2n) is 6.03. The first-order chi connectivity index (χ1) is 10.8. The van der Waals surface area contributed by atoms with Crippen molar-refractivity contribution in [1.29, 1.82) is 0 Å². The molecule has 8 heteroatoms. The summed E-state index contributed by atoms with van der Waals surface area (Å²) in [5, 5.41) is 6.41. The third-order valence-corrected chi connectivity index (χ3v) is 6.69. The lowest BCUT2D eigenvalue weighted by molar-refractivity contribution is -0.130. The van der Waals surface area contributed by atoms with Gasteiger partial charge in [-0.1, -0.05) is 0 Å². The van der Waals surface area contributed by atoms with Crippen molar-refractivity contribution in [1.82, 2.24) is 15.1 Å². The highest BCUT2D eigenvalue weighted by atomic mass is 32.2. The standard InChI is InChI=1S/C15H24N4O3S/c1-12(2)23(21,22)13(3)15(20)19-9-5-8-18(10-11-19)14-6-4-7-16-17-14/h4,6-7,12-13H,5,8-11H2,1-3H3/t13-/m0/s1. The summed E-state index contributed by atoms with van der Waals surface area (Å²) in [4.78, 5) is 16.3. The Morgan fingerprint density at radius 1 is 1.17 bits per heavy atom. The van der Waals surface area contributed by atoms with Crippen LogP contribution in [0.2, 0.25) is 0 Å². The average Bonchev–Trinajstić information content (AvgIpc) is 2.80. The molecule has 1 saturated heterocycles. The number of hydrogen-bond acceptors (Lipinski definition) is 6. The topological polar surface area (TPSA) is 83.5 Å². The lowest BCUT2D eigenvalue weighted by Crippen LogP contribution is -2.45. The van der Waals surface area contributed by atoms with Crippen LogP contribution in [0, 0.1) is 0 Å². The van der Waals surface area contributed by atoms with E-state index in [1.54, 1.807) is 24.9 Å². The number of aromatic nitrogens is 2. The van der Waals surface area contributed by atoms with Gasteiger partial charge in [-0.25, -0.2) is 8.42 Å². The van der Waals surface area contributed by atoms with E-state index in [9.17, 15) is 13.2 Å². The summed E-state index contributed by atoms with van der Waals surface area (Å²) in [7, 11) is -3.43. The molecule has 128 valence electrons. The molecule has 2 rings (SSSR count). The molecular formula is C15H24N4O3S. The summed E-state index contributed by atoms with van der Waals surface area (Å²) in [5.41, 5.74) is 0. The maximum absolute atomic E-state index is 12.5. The Labute approximate surface area is 137 Å². The molecule has 1 atom stereocenters. The molecule has 1 aromatic rings. The SMILES string of the molecule is CC(C)S(=O)(=O)[C@@H](C)C(=O)N1CCCN(c2cccnn2)CC1. The van der Waals surface area contributed by atoms with Crippen LogP contribution in [0.3, 0.4) is 0 Å². The summed E-state index contributed by atoms with van der Waals surface area (Å²) in [6.45, 7) is 7.16. The van der Waals surface area contributed by atoms with Gasteiger partial charge in [-0.3, -0.25) is 4.79 Å². The minimum Gasteiger partial charge on any atom is -0.353 e. The number of sulfone groups is 1. The molecule has 0 aromatic carbocycles. The lowest BCUT2D eigenvalue weighted by Gasteiger charge is -2.25. The van der Waals surface area contributed by atoms with Crippen molar-refractivity contribution in [3.05, 3.63) is 18.3 Å². The molecule has 0 radical (unpaired) electrons. The van der Waals surface area contributed by atoms with Crippen LogP contribution in [0.4, 0.5) is 5.82 Å². The van der Waals surface area contributed by atoms with E-state index in [-0.39, 0.29) is 5.91 Å². The Balaban J connectivity index is 2.04. The number of hydrogen-bond donors (Lipinski definition) is 0. The zero-order valence-corrected chi connectivity index (χ0v) is 14.7. The van der Waals surface area contributed by atoms with Crippen LogP contribution < -0.4 is 4.90 Å². The van der Waals surface area contributed by atoms with Crippen molar-refractivity contribution in [3.8, 4) is 0 Å². The van der Waals surface area contributed by atoms with Crippen LogP contribution in [0.25, 0.3) is 0 Å². The maximum Gasteiger partial charge on any atom is 0.240 e. The number of anilines is 1. The van der Waals surface area contributed by atoms with E-state index in [1.165, 1.54) is 6.92 Å². The molecule has 0 unspecified atom stereocenters. The molecule has 2 heterocycles. The Morgan fingerprint density at radius 2 is 1.91 bits per heavy atom. The van der Waals surface area contributed by atoms with Crippen molar-refractivity contribution in [2.24, 2.45) is 0 Å². The summed E-state index contributed by atoms with van der Waals surface area (Å²) in [6, 6.07) is 3.71. The van der Waals surface area contributed by atoms with E-state index in [0.717, 1.165) is 18.8 Å². The Hall–Kier alpha value is -1.70. The molecule has 0 saturated carbocycles. The Morgan fingerprint density at radius 3 is 2.52 bits per heavy atom. The van der Waals surface area contributed by atoms with Gasteiger partial charge < -0.3 is 9.80 Å². The van der Waals surface area contributed by atoms with Crippen LogP contribution in [0.15, 0.2) is 18.3 Å². The van der Waals surface area contributed by atoms with Gasteiger partial charge in [0, 0.05) is 32.4 Å². The highest BCUT2D eigenvalue weighted by molar-refractivity contribution is 7.93. The van der Waals surface area contributed by atoms with Crippen LogP contribution in [0.5, 0.6) is 0 Å². The molecule has 1 aliphatic rings. The lowest BCUT2D eigenvalue weighted by atomic mass is 10.3. The van der Waals surface area contributed by atoms with E-state index >= 15 is 0 Å². The first-order valence-corrected chi connectivity index (χ1v) is 9.49. The van der Waals surface area contributed by atoms with Gasteiger partial charge in [0.2, 0.25) is 5.91 Å². The zero-order chi connectivity index (χ0) is 17.0. The van der Waals surface area contributed by atoms with Crippen molar-refractivity contribution in [2.45, 2.75) is 37.7 Å². The van der Waals surface area contributed by atoms with Crippen molar-refractivity contribution in [2.75, 3.05) is 31.1 Å². The average molecular weight is 340 g/mol.